The van der Waals surface area contributed by atoms with E-state index in [-0.39, 0.29) is 5.97 Å². The molecule has 0 N–H and O–H groups in total. The lowest BCUT2D eigenvalue weighted by Crippen LogP contribution is -2.32. The zero-order valence-electron chi connectivity index (χ0n) is 11.1. The van der Waals surface area contributed by atoms with Crippen molar-refractivity contribution in [1.29, 1.82) is 0 Å². The van der Waals surface area contributed by atoms with Crippen molar-refractivity contribution in [2.45, 2.75) is 45.1 Å². The molecule has 0 fully saturated rings. The van der Waals surface area contributed by atoms with Gasteiger partial charge in [-0.2, -0.15) is 0 Å². The molecule has 0 amide bonds. The van der Waals surface area contributed by atoms with Crippen LogP contribution in [0.15, 0.2) is 42.0 Å². The quantitative estimate of drug-likeness (QED) is 0.749. The maximum absolute atomic E-state index is 11.7. The van der Waals surface area contributed by atoms with Gasteiger partial charge in [0.1, 0.15) is 5.60 Å². The summed E-state index contributed by atoms with van der Waals surface area (Å²) in [6.07, 6.45) is 5.75. The van der Waals surface area contributed by atoms with Gasteiger partial charge in [0.05, 0.1) is 0 Å². The van der Waals surface area contributed by atoms with Gasteiger partial charge in [0.15, 0.2) is 0 Å². The van der Waals surface area contributed by atoms with Gasteiger partial charge in [0, 0.05) is 12.5 Å². The highest BCUT2D eigenvalue weighted by Gasteiger charge is 2.34. The van der Waals surface area contributed by atoms with Crippen molar-refractivity contribution in [1.82, 2.24) is 0 Å². The predicted octanol–water partition coefficient (Wildman–Crippen LogP) is 3.97. The Hall–Kier alpha value is -1.57. The van der Waals surface area contributed by atoms with Crippen molar-refractivity contribution in [3.8, 4) is 0 Å². The third-order valence-electron chi connectivity index (χ3n) is 3.45. The first-order chi connectivity index (χ1) is 8.64. The van der Waals surface area contributed by atoms with E-state index in [4.69, 9.17) is 4.74 Å². The lowest BCUT2D eigenvalue weighted by molar-refractivity contribution is -0.155. The predicted molar refractivity (Wildman–Crippen MR) is 72.1 cm³/mol. The smallest absolute Gasteiger partial charge is 0.331 e. The molecule has 1 aliphatic heterocycles. The molecule has 0 saturated carbocycles. The van der Waals surface area contributed by atoms with Gasteiger partial charge in [0.25, 0.3) is 0 Å². The first-order valence-corrected chi connectivity index (χ1v) is 6.62. The number of cyclic esters (lactones) is 1. The molecule has 0 unspecified atom stereocenters. The average molecular weight is 244 g/mol. The summed E-state index contributed by atoms with van der Waals surface area (Å²) in [4.78, 5) is 11.7. The van der Waals surface area contributed by atoms with Gasteiger partial charge < -0.3 is 4.74 Å². The molecule has 0 spiro atoms. The highest BCUT2D eigenvalue weighted by Crippen LogP contribution is 2.36. The van der Waals surface area contributed by atoms with Crippen LogP contribution in [0.3, 0.4) is 0 Å². The lowest BCUT2D eigenvalue weighted by atomic mass is 9.85. The molecular formula is C16H20O2. The number of hydrogen-bond donors (Lipinski definition) is 0. The zero-order chi connectivity index (χ0) is 13.0. The highest BCUT2D eigenvalue weighted by molar-refractivity contribution is 5.84. The summed E-state index contributed by atoms with van der Waals surface area (Å²) in [7, 11) is 0. The molecule has 18 heavy (non-hydrogen) atoms. The Bertz CT molecular complexity index is 447. The molecule has 1 atom stereocenters. The summed E-state index contributed by atoms with van der Waals surface area (Å²) in [5.41, 5.74) is 1.77. The third kappa shape index (κ3) is 2.81. The Kier molecular flexibility index (Phi) is 3.85. The molecule has 1 aromatic rings. The van der Waals surface area contributed by atoms with Crippen LogP contribution >= 0.6 is 0 Å². The Morgan fingerprint density at radius 1 is 1.28 bits per heavy atom. The SMILES string of the molecule is CCCCC1=CC(=O)O[C@](C)(c2ccccc2)C1. The third-order valence-corrected chi connectivity index (χ3v) is 3.45. The summed E-state index contributed by atoms with van der Waals surface area (Å²) < 4.78 is 5.55. The Balaban J connectivity index is 2.21. The van der Waals surface area contributed by atoms with Crippen molar-refractivity contribution in [2.24, 2.45) is 0 Å². The molecule has 2 heteroatoms. The van der Waals surface area contributed by atoms with Gasteiger partial charge in [0.2, 0.25) is 0 Å². The Morgan fingerprint density at radius 3 is 2.67 bits per heavy atom. The first kappa shape index (κ1) is 12.9. The fourth-order valence-corrected chi connectivity index (χ4v) is 2.45. The fourth-order valence-electron chi connectivity index (χ4n) is 2.45. The minimum absolute atomic E-state index is 0.210. The second-order valence-corrected chi connectivity index (χ2v) is 5.10. The Morgan fingerprint density at radius 2 is 2.00 bits per heavy atom. The van der Waals surface area contributed by atoms with E-state index in [0.29, 0.717) is 0 Å². The van der Waals surface area contributed by atoms with E-state index in [1.807, 2.05) is 37.3 Å². The van der Waals surface area contributed by atoms with Gasteiger partial charge in [-0.3, -0.25) is 0 Å². The summed E-state index contributed by atoms with van der Waals surface area (Å²) in [6, 6.07) is 9.99. The minimum Gasteiger partial charge on any atom is -0.451 e. The second-order valence-electron chi connectivity index (χ2n) is 5.10. The van der Waals surface area contributed by atoms with Gasteiger partial charge in [-0.15, -0.1) is 0 Å². The van der Waals surface area contributed by atoms with Crippen LogP contribution in [0.5, 0.6) is 0 Å². The minimum atomic E-state index is -0.504. The van der Waals surface area contributed by atoms with Gasteiger partial charge in [-0.1, -0.05) is 49.2 Å². The maximum Gasteiger partial charge on any atom is 0.331 e. The molecule has 0 bridgehead atoms. The van der Waals surface area contributed by atoms with Crippen molar-refractivity contribution in [3.63, 3.8) is 0 Å². The van der Waals surface area contributed by atoms with E-state index in [2.05, 4.69) is 6.92 Å². The van der Waals surface area contributed by atoms with Crippen molar-refractivity contribution < 1.29 is 9.53 Å². The number of ether oxygens (including phenoxy) is 1. The van der Waals surface area contributed by atoms with Gasteiger partial charge in [-0.05, 0) is 25.3 Å². The van der Waals surface area contributed by atoms with E-state index in [1.165, 1.54) is 5.57 Å². The van der Waals surface area contributed by atoms with Gasteiger partial charge in [-0.25, -0.2) is 4.79 Å². The molecule has 1 aliphatic rings. The number of rotatable bonds is 4. The van der Waals surface area contributed by atoms with Crippen LogP contribution in [0, 0.1) is 0 Å². The van der Waals surface area contributed by atoms with Gasteiger partial charge >= 0.3 is 5.97 Å². The van der Waals surface area contributed by atoms with Crippen LogP contribution in [0.25, 0.3) is 0 Å². The van der Waals surface area contributed by atoms with Crippen LogP contribution in [0.4, 0.5) is 0 Å². The molecule has 0 saturated heterocycles. The first-order valence-electron chi connectivity index (χ1n) is 6.62. The molecule has 0 radical (unpaired) electrons. The maximum atomic E-state index is 11.7. The molecule has 2 nitrogen and oxygen atoms in total. The number of unbranched alkanes of at least 4 members (excludes halogenated alkanes) is 1. The van der Waals surface area contributed by atoms with E-state index in [9.17, 15) is 4.79 Å². The monoisotopic (exact) mass is 244 g/mol. The largest absolute Gasteiger partial charge is 0.451 e. The van der Waals surface area contributed by atoms with E-state index in [1.54, 1.807) is 6.08 Å². The van der Waals surface area contributed by atoms with E-state index in [0.717, 1.165) is 31.2 Å². The second kappa shape index (κ2) is 5.38. The summed E-state index contributed by atoms with van der Waals surface area (Å²) in [6.45, 7) is 4.16. The average Bonchev–Trinajstić information content (AvgIpc) is 2.36. The summed E-state index contributed by atoms with van der Waals surface area (Å²) in [5.74, 6) is -0.210. The summed E-state index contributed by atoms with van der Waals surface area (Å²) in [5, 5.41) is 0. The molecule has 0 aromatic heterocycles. The zero-order valence-corrected chi connectivity index (χ0v) is 11.1. The number of benzene rings is 1. The fraction of sp³-hybridized carbons (Fsp3) is 0.438. The van der Waals surface area contributed by atoms with Crippen LogP contribution < -0.4 is 0 Å². The summed E-state index contributed by atoms with van der Waals surface area (Å²) >= 11 is 0. The van der Waals surface area contributed by atoms with Crippen LogP contribution in [0.1, 0.15) is 45.1 Å². The normalized spacial score (nSPS) is 23.4. The molecule has 96 valence electrons. The van der Waals surface area contributed by atoms with Crippen molar-refractivity contribution >= 4 is 5.97 Å². The molecule has 1 aromatic carbocycles. The lowest BCUT2D eigenvalue weighted by Gasteiger charge is -2.34. The molecule has 1 heterocycles. The van der Waals surface area contributed by atoms with Crippen molar-refractivity contribution in [2.75, 3.05) is 0 Å². The van der Waals surface area contributed by atoms with Crippen LogP contribution in [-0.2, 0) is 15.1 Å². The van der Waals surface area contributed by atoms with E-state index >= 15 is 0 Å². The highest BCUT2D eigenvalue weighted by atomic mass is 16.6. The van der Waals surface area contributed by atoms with Crippen LogP contribution in [0.2, 0.25) is 0 Å². The molecule has 0 aliphatic carbocycles. The molecule has 2 rings (SSSR count). The molecular weight excluding hydrogens is 224 g/mol. The topological polar surface area (TPSA) is 26.3 Å². The van der Waals surface area contributed by atoms with Crippen LogP contribution in [-0.4, -0.2) is 5.97 Å². The number of carbonyl (C=O) groups is 1. The number of esters is 1. The van der Waals surface area contributed by atoms with Crippen molar-refractivity contribution in [3.05, 3.63) is 47.5 Å². The number of carbonyl (C=O) groups excluding carboxylic acids is 1. The number of hydrogen-bond acceptors (Lipinski definition) is 2. The standard InChI is InChI=1S/C16H20O2/c1-3-4-8-13-11-15(17)18-16(2,12-13)14-9-6-5-7-10-14/h5-7,9-11H,3-4,8,12H2,1-2H3/t16-/m0/s1. The Labute approximate surface area is 109 Å². The van der Waals surface area contributed by atoms with E-state index < -0.39 is 5.60 Å².